The molecule has 4 heteroatoms. The Morgan fingerprint density at radius 2 is 2.09 bits per heavy atom. The van der Waals surface area contributed by atoms with Gasteiger partial charge in [-0.15, -0.1) is 0 Å². The van der Waals surface area contributed by atoms with E-state index in [9.17, 15) is 5.11 Å². The zero-order chi connectivity index (χ0) is 15.6. The molecule has 118 valence electrons. The van der Waals surface area contributed by atoms with E-state index >= 15 is 0 Å². The Morgan fingerprint density at radius 3 is 2.77 bits per heavy atom. The van der Waals surface area contributed by atoms with Crippen LogP contribution in [0.25, 0.3) is 0 Å². The lowest BCUT2D eigenvalue weighted by Gasteiger charge is -2.15. The van der Waals surface area contributed by atoms with Crippen LogP contribution < -0.4 is 10.1 Å². The number of nitrogens with zero attached hydrogens (tertiary/aromatic N) is 1. The summed E-state index contributed by atoms with van der Waals surface area (Å²) in [5.74, 6) is 0.672. The van der Waals surface area contributed by atoms with Gasteiger partial charge in [-0.25, -0.2) is 0 Å². The van der Waals surface area contributed by atoms with Crippen LogP contribution in [0.4, 0.5) is 0 Å². The van der Waals surface area contributed by atoms with Crippen molar-refractivity contribution in [3.63, 3.8) is 0 Å². The van der Waals surface area contributed by atoms with Crippen LogP contribution in [0.3, 0.4) is 0 Å². The van der Waals surface area contributed by atoms with Crippen LogP contribution in [0.15, 0.2) is 35.9 Å². The third-order valence-electron chi connectivity index (χ3n) is 3.81. The minimum Gasteiger partial charge on any atom is -0.491 e. The van der Waals surface area contributed by atoms with Gasteiger partial charge in [0.25, 0.3) is 0 Å². The van der Waals surface area contributed by atoms with Crippen molar-refractivity contribution in [2.75, 3.05) is 19.7 Å². The van der Waals surface area contributed by atoms with E-state index in [1.54, 1.807) is 29.8 Å². The molecule has 0 fully saturated rings. The molecule has 0 aliphatic heterocycles. The molecule has 0 spiro atoms. The molecule has 0 radical (unpaired) electrons. The molecular weight excluding hydrogens is 276 g/mol. The smallest absolute Gasteiger partial charge is 0.119 e. The third-order valence-corrected chi connectivity index (χ3v) is 3.81. The second-order valence-electron chi connectivity index (χ2n) is 5.66. The number of rotatable bonds is 8. The molecule has 2 N–H and O–H groups in total. The largest absolute Gasteiger partial charge is 0.491 e. The maximum Gasteiger partial charge on any atom is 0.119 e. The van der Waals surface area contributed by atoms with Crippen LogP contribution in [-0.4, -0.2) is 30.9 Å². The van der Waals surface area contributed by atoms with Gasteiger partial charge in [0.05, 0.1) is 11.6 Å². The van der Waals surface area contributed by atoms with Crippen molar-refractivity contribution >= 4 is 0 Å². The van der Waals surface area contributed by atoms with Crippen LogP contribution in [0.1, 0.15) is 37.7 Å². The lowest BCUT2D eigenvalue weighted by molar-refractivity contribution is 0.106. The lowest BCUT2D eigenvalue weighted by Crippen LogP contribution is -2.32. The van der Waals surface area contributed by atoms with E-state index in [0.717, 1.165) is 13.0 Å². The van der Waals surface area contributed by atoms with E-state index in [1.165, 1.54) is 25.7 Å². The number of nitriles is 1. The molecule has 0 saturated heterocycles. The van der Waals surface area contributed by atoms with Gasteiger partial charge in [0, 0.05) is 6.54 Å². The maximum absolute atomic E-state index is 9.89. The molecule has 0 saturated carbocycles. The number of hydrogen-bond acceptors (Lipinski definition) is 4. The van der Waals surface area contributed by atoms with Crippen LogP contribution >= 0.6 is 0 Å². The van der Waals surface area contributed by atoms with E-state index < -0.39 is 6.10 Å². The third kappa shape index (κ3) is 5.88. The first-order valence-electron chi connectivity index (χ1n) is 7.97. The summed E-state index contributed by atoms with van der Waals surface area (Å²) >= 11 is 0. The summed E-state index contributed by atoms with van der Waals surface area (Å²) in [5.41, 5.74) is 2.15. The van der Waals surface area contributed by atoms with Crippen molar-refractivity contribution in [2.45, 2.75) is 38.2 Å². The molecule has 4 nitrogen and oxygen atoms in total. The van der Waals surface area contributed by atoms with Gasteiger partial charge in [-0.3, -0.25) is 0 Å². The topological polar surface area (TPSA) is 65.3 Å². The number of aliphatic hydroxyl groups is 1. The number of allylic oxidation sites excluding steroid dienone is 1. The van der Waals surface area contributed by atoms with Crippen molar-refractivity contribution in [2.24, 2.45) is 0 Å². The van der Waals surface area contributed by atoms with Crippen molar-refractivity contribution in [3.05, 3.63) is 41.5 Å². The number of hydrogen-bond donors (Lipinski definition) is 2. The van der Waals surface area contributed by atoms with E-state index in [4.69, 9.17) is 10.00 Å². The summed E-state index contributed by atoms with van der Waals surface area (Å²) in [7, 11) is 0. The Balaban J connectivity index is 1.58. The highest BCUT2D eigenvalue weighted by molar-refractivity contribution is 5.34. The SMILES string of the molecule is N#Cc1ccc(OC[C@H](O)CNCCC2=CCCCC2)cc1. The second kappa shape index (κ2) is 9.24. The highest BCUT2D eigenvalue weighted by Gasteiger charge is 2.06. The highest BCUT2D eigenvalue weighted by Crippen LogP contribution is 2.19. The fraction of sp³-hybridized carbons (Fsp3) is 0.500. The molecule has 2 rings (SSSR count). The van der Waals surface area contributed by atoms with E-state index in [0.29, 0.717) is 17.9 Å². The standard InChI is InChI=1S/C18H24N2O2/c19-12-16-6-8-18(9-7-16)22-14-17(21)13-20-11-10-15-4-2-1-3-5-15/h4,6-9,17,20-21H,1-3,5,10-11,13-14H2/t17-/m1/s1. The Labute approximate surface area is 132 Å². The summed E-state index contributed by atoms with van der Waals surface area (Å²) in [6, 6.07) is 8.96. The number of ether oxygens (including phenoxy) is 1. The number of aliphatic hydroxyl groups excluding tert-OH is 1. The molecule has 22 heavy (non-hydrogen) atoms. The molecule has 1 aromatic rings. The Hall–Kier alpha value is -1.83. The Kier molecular flexibility index (Phi) is 6.95. The molecule has 0 aromatic heterocycles. The average Bonchev–Trinajstić information content (AvgIpc) is 2.58. The summed E-state index contributed by atoms with van der Waals surface area (Å²) in [4.78, 5) is 0. The van der Waals surface area contributed by atoms with Gasteiger partial charge >= 0.3 is 0 Å². The van der Waals surface area contributed by atoms with Crippen LogP contribution in [-0.2, 0) is 0 Å². The number of nitrogens with one attached hydrogen (secondary N) is 1. The first kappa shape index (κ1) is 16.5. The molecular formula is C18H24N2O2. The van der Waals surface area contributed by atoms with Gasteiger partial charge in [-0.2, -0.15) is 5.26 Å². The van der Waals surface area contributed by atoms with Gasteiger partial charge in [-0.05, 0) is 62.9 Å². The van der Waals surface area contributed by atoms with Crippen LogP contribution in [0, 0.1) is 11.3 Å². The van der Waals surface area contributed by atoms with Crippen molar-refractivity contribution in [1.82, 2.24) is 5.32 Å². The molecule has 1 aromatic carbocycles. The zero-order valence-corrected chi connectivity index (χ0v) is 12.9. The molecule has 0 amide bonds. The number of benzene rings is 1. The van der Waals surface area contributed by atoms with Crippen molar-refractivity contribution in [1.29, 1.82) is 5.26 Å². The van der Waals surface area contributed by atoms with Gasteiger partial charge in [0.1, 0.15) is 18.5 Å². The summed E-state index contributed by atoms with van der Waals surface area (Å²) < 4.78 is 5.50. The lowest BCUT2D eigenvalue weighted by atomic mass is 9.97. The van der Waals surface area contributed by atoms with Gasteiger partial charge in [-0.1, -0.05) is 11.6 Å². The monoisotopic (exact) mass is 300 g/mol. The summed E-state index contributed by atoms with van der Waals surface area (Å²) in [6.45, 7) is 1.69. The van der Waals surface area contributed by atoms with Gasteiger partial charge in [0.15, 0.2) is 0 Å². The van der Waals surface area contributed by atoms with Crippen LogP contribution in [0.5, 0.6) is 5.75 Å². The molecule has 1 atom stereocenters. The zero-order valence-electron chi connectivity index (χ0n) is 12.9. The highest BCUT2D eigenvalue weighted by atomic mass is 16.5. The average molecular weight is 300 g/mol. The maximum atomic E-state index is 9.89. The first-order chi connectivity index (χ1) is 10.8. The minimum absolute atomic E-state index is 0.252. The van der Waals surface area contributed by atoms with Gasteiger partial charge in [0.2, 0.25) is 0 Å². The van der Waals surface area contributed by atoms with E-state index in [-0.39, 0.29) is 6.61 Å². The Bertz CT molecular complexity index is 517. The predicted molar refractivity (Wildman–Crippen MR) is 86.7 cm³/mol. The molecule has 1 aliphatic carbocycles. The molecule has 0 heterocycles. The second-order valence-corrected chi connectivity index (χ2v) is 5.66. The molecule has 1 aliphatic rings. The van der Waals surface area contributed by atoms with E-state index in [2.05, 4.69) is 17.5 Å². The summed E-state index contributed by atoms with van der Waals surface area (Å²) in [5, 5.41) is 21.9. The first-order valence-corrected chi connectivity index (χ1v) is 7.97. The van der Waals surface area contributed by atoms with Crippen LogP contribution in [0.2, 0.25) is 0 Å². The minimum atomic E-state index is -0.532. The fourth-order valence-electron chi connectivity index (χ4n) is 2.53. The van der Waals surface area contributed by atoms with Crippen molar-refractivity contribution < 1.29 is 9.84 Å². The van der Waals surface area contributed by atoms with Crippen molar-refractivity contribution in [3.8, 4) is 11.8 Å². The Morgan fingerprint density at radius 1 is 1.27 bits per heavy atom. The normalized spacial score (nSPS) is 15.7. The van der Waals surface area contributed by atoms with Gasteiger partial charge < -0.3 is 15.2 Å². The predicted octanol–water partition coefficient (Wildman–Crippen LogP) is 2.78. The molecule has 0 bridgehead atoms. The quantitative estimate of drug-likeness (QED) is 0.572. The fourth-order valence-corrected chi connectivity index (χ4v) is 2.53. The van der Waals surface area contributed by atoms with E-state index in [1.807, 2.05) is 0 Å². The summed E-state index contributed by atoms with van der Waals surface area (Å²) in [6.07, 6.45) is 7.98. The molecule has 0 unspecified atom stereocenters.